The van der Waals surface area contributed by atoms with E-state index in [-0.39, 0.29) is 5.78 Å². The Bertz CT molecular complexity index is 836. The minimum Gasteiger partial charge on any atom is -0.379 e. The van der Waals surface area contributed by atoms with Crippen molar-refractivity contribution in [3.05, 3.63) is 42.5 Å². The number of fused-ring (bicyclic) bond motifs is 3. The van der Waals surface area contributed by atoms with Crippen LogP contribution in [0.25, 0.3) is 16.6 Å². The number of morpholine rings is 1. The SMILES string of the molecule is O=C(CN1CCOCC1)c1ncc2cnc3ccccc3n12. The third-order valence-electron chi connectivity index (χ3n) is 3.97. The molecular weight excluding hydrogens is 280 g/mol. The van der Waals surface area contributed by atoms with Gasteiger partial charge < -0.3 is 4.74 Å². The van der Waals surface area contributed by atoms with E-state index in [0.717, 1.165) is 29.6 Å². The molecule has 0 spiro atoms. The molecule has 0 unspecified atom stereocenters. The minimum atomic E-state index is 0.0262. The fourth-order valence-electron chi connectivity index (χ4n) is 2.84. The number of para-hydroxylation sites is 2. The van der Waals surface area contributed by atoms with Gasteiger partial charge >= 0.3 is 0 Å². The summed E-state index contributed by atoms with van der Waals surface area (Å²) >= 11 is 0. The Morgan fingerprint density at radius 1 is 1.14 bits per heavy atom. The van der Waals surface area contributed by atoms with Gasteiger partial charge in [0.25, 0.3) is 0 Å². The molecule has 0 amide bonds. The summed E-state index contributed by atoms with van der Waals surface area (Å²) in [4.78, 5) is 23.5. The Morgan fingerprint density at radius 2 is 1.91 bits per heavy atom. The summed E-state index contributed by atoms with van der Waals surface area (Å²) in [5.41, 5.74) is 2.60. The van der Waals surface area contributed by atoms with Crippen molar-refractivity contribution in [3.63, 3.8) is 0 Å². The number of aromatic nitrogens is 3. The van der Waals surface area contributed by atoms with Gasteiger partial charge in [-0.05, 0) is 12.1 Å². The normalized spacial score (nSPS) is 16.4. The predicted octanol–water partition coefficient (Wildman–Crippen LogP) is 1.40. The molecule has 1 saturated heterocycles. The number of ketones is 1. The fraction of sp³-hybridized carbons (Fsp3) is 0.312. The van der Waals surface area contributed by atoms with Crippen LogP contribution in [0.5, 0.6) is 0 Å². The molecule has 0 atom stereocenters. The molecule has 0 bridgehead atoms. The smallest absolute Gasteiger partial charge is 0.212 e. The summed E-state index contributed by atoms with van der Waals surface area (Å²) in [5, 5.41) is 0. The molecule has 0 aliphatic carbocycles. The minimum absolute atomic E-state index is 0.0262. The highest BCUT2D eigenvalue weighted by Gasteiger charge is 2.19. The molecule has 0 radical (unpaired) electrons. The zero-order chi connectivity index (χ0) is 14.9. The average Bonchev–Trinajstić information content (AvgIpc) is 3.00. The molecule has 1 aliphatic heterocycles. The van der Waals surface area contributed by atoms with Crippen LogP contribution in [0.15, 0.2) is 36.7 Å². The number of imidazole rings is 1. The molecule has 112 valence electrons. The van der Waals surface area contributed by atoms with E-state index < -0.39 is 0 Å². The lowest BCUT2D eigenvalue weighted by Gasteiger charge is -2.25. The van der Waals surface area contributed by atoms with Crippen molar-refractivity contribution < 1.29 is 9.53 Å². The van der Waals surface area contributed by atoms with Crippen LogP contribution in [0, 0.1) is 0 Å². The van der Waals surface area contributed by atoms with Gasteiger partial charge in [-0.2, -0.15) is 0 Å². The van der Waals surface area contributed by atoms with Gasteiger partial charge in [0.1, 0.15) is 0 Å². The second kappa shape index (κ2) is 5.47. The number of ether oxygens (including phenoxy) is 1. The molecule has 3 aromatic rings. The van der Waals surface area contributed by atoms with Crippen molar-refractivity contribution in [3.8, 4) is 0 Å². The Kier molecular flexibility index (Phi) is 3.32. The van der Waals surface area contributed by atoms with Gasteiger partial charge in [-0.1, -0.05) is 12.1 Å². The molecule has 6 nitrogen and oxygen atoms in total. The largest absolute Gasteiger partial charge is 0.379 e. The van der Waals surface area contributed by atoms with Crippen LogP contribution in [-0.2, 0) is 4.74 Å². The summed E-state index contributed by atoms with van der Waals surface area (Å²) in [6.45, 7) is 3.32. The molecule has 0 saturated carbocycles. The summed E-state index contributed by atoms with van der Waals surface area (Å²) in [5.74, 6) is 0.498. The van der Waals surface area contributed by atoms with Crippen LogP contribution < -0.4 is 0 Å². The Morgan fingerprint density at radius 3 is 2.77 bits per heavy atom. The average molecular weight is 296 g/mol. The maximum absolute atomic E-state index is 12.6. The van der Waals surface area contributed by atoms with Gasteiger partial charge in [0, 0.05) is 13.1 Å². The Hall–Kier alpha value is -2.31. The van der Waals surface area contributed by atoms with Crippen molar-refractivity contribution in [2.45, 2.75) is 0 Å². The summed E-state index contributed by atoms with van der Waals surface area (Å²) < 4.78 is 7.21. The highest BCUT2D eigenvalue weighted by atomic mass is 16.5. The zero-order valence-corrected chi connectivity index (χ0v) is 12.1. The van der Waals surface area contributed by atoms with Crippen molar-refractivity contribution in [2.24, 2.45) is 0 Å². The highest BCUT2D eigenvalue weighted by Crippen LogP contribution is 2.17. The summed E-state index contributed by atoms with van der Waals surface area (Å²) in [6.07, 6.45) is 3.45. The molecule has 4 rings (SSSR count). The van der Waals surface area contributed by atoms with Crippen LogP contribution in [0.3, 0.4) is 0 Å². The molecule has 0 N–H and O–H groups in total. The van der Waals surface area contributed by atoms with E-state index in [1.54, 1.807) is 12.4 Å². The number of carbonyl (C=O) groups excluding carboxylic acids is 1. The van der Waals surface area contributed by atoms with Gasteiger partial charge in [0.2, 0.25) is 5.78 Å². The summed E-state index contributed by atoms with van der Waals surface area (Å²) in [6, 6.07) is 7.78. The van der Waals surface area contributed by atoms with Crippen LogP contribution in [0.4, 0.5) is 0 Å². The van der Waals surface area contributed by atoms with E-state index in [4.69, 9.17) is 4.74 Å². The Balaban J connectivity index is 1.74. The molecule has 1 aliphatic rings. The number of hydrogen-bond donors (Lipinski definition) is 0. The lowest BCUT2D eigenvalue weighted by Crippen LogP contribution is -2.39. The maximum atomic E-state index is 12.6. The fourth-order valence-corrected chi connectivity index (χ4v) is 2.84. The lowest BCUT2D eigenvalue weighted by atomic mass is 10.2. The van der Waals surface area contributed by atoms with Crippen molar-refractivity contribution in [1.82, 2.24) is 19.3 Å². The van der Waals surface area contributed by atoms with Crippen LogP contribution >= 0.6 is 0 Å². The second-order valence-electron chi connectivity index (χ2n) is 5.40. The van der Waals surface area contributed by atoms with Gasteiger partial charge in [-0.25, -0.2) is 4.98 Å². The van der Waals surface area contributed by atoms with E-state index in [9.17, 15) is 4.79 Å². The first kappa shape index (κ1) is 13.4. The Labute approximate surface area is 127 Å². The van der Waals surface area contributed by atoms with Gasteiger partial charge in [-0.15, -0.1) is 0 Å². The number of rotatable bonds is 3. The van der Waals surface area contributed by atoms with Crippen LogP contribution in [0.2, 0.25) is 0 Å². The van der Waals surface area contributed by atoms with Gasteiger partial charge in [0.15, 0.2) is 5.82 Å². The number of carbonyl (C=O) groups is 1. The number of Topliss-reactive ketones (excluding diaryl/α,β-unsaturated/α-hetero) is 1. The van der Waals surface area contributed by atoms with Crippen LogP contribution in [-0.4, -0.2) is 57.9 Å². The maximum Gasteiger partial charge on any atom is 0.212 e. The molecule has 6 heteroatoms. The van der Waals surface area contributed by atoms with Crippen molar-refractivity contribution >= 4 is 22.3 Å². The van der Waals surface area contributed by atoms with Gasteiger partial charge in [0.05, 0.1) is 48.7 Å². The van der Waals surface area contributed by atoms with E-state index in [0.29, 0.717) is 25.6 Å². The molecule has 1 fully saturated rings. The third-order valence-corrected chi connectivity index (χ3v) is 3.97. The summed E-state index contributed by atoms with van der Waals surface area (Å²) in [7, 11) is 0. The van der Waals surface area contributed by atoms with E-state index >= 15 is 0 Å². The number of nitrogens with zero attached hydrogens (tertiary/aromatic N) is 4. The molecule has 3 heterocycles. The first-order valence-electron chi connectivity index (χ1n) is 7.37. The second-order valence-corrected chi connectivity index (χ2v) is 5.40. The zero-order valence-electron chi connectivity index (χ0n) is 12.1. The molecule has 1 aromatic carbocycles. The molecule has 2 aromatic heterocycles. The monoisotopic (exact) mass is 296 g/mol. The standard InChI is InChI=1S/C16H16N4O2/c21-15(11-19-5-7-22-8-6-19)16-18-10-12-9-17-13-3-1-2-4-14(13)20(12)16/h1-4,9-10H,5-8,11H2. The van der Waals surface area contributed by atoms with Crippen LogP contribution in [0.1, 0.15) is 10.6 Å². The quantitative estimate of drug-likeness (QED) is 0.684. The number of hydrogen-bond acceptors (Lipinski definition) is 5. The lowest BCUT2D eigenvalue weighted by molar-refractivity contribution is 0.0368. The predicted molar refractivity (Wildman–Crippen MR) is 82.1 cm³/mol. The third kappa shape index (κ3) is 2.26. The van der Waals surface area contributed by atoms with Crippen molar-refractivity contribution in [2.75, 3.05) is 32.8 Å². The van der Waals surface area contributed by atoms with Crippen molar-refractivity contribution in [1.29, 1.82) is 0 Å². The molecular formula is C16H16N4O2. The van der Waals surface area contributed by atoms with E-state index in [2.05, 4.69) is 14.9 Å². The highest BCUT2D eigenvalue weighted by molar-refractivity contribution is 5.97. The van der Waals surface area contributed by atoms with E-state index in [1.165, 1.54) is 0 Å². The van der Waals surface area contributed by atoms with Gasteiger partial charge in [-0.3, -0.25) is 19.1 Å². The topological polar surface area (TPSA) is 59.7 Å². The molecule has 22 heavy (non-hydrogen) atoms. The number of benzene rings is 1. The first-order valence-corrected chi connectivity index (χ1v) is 7.37. The van der Waals surface area contributed by atoms with E-state index in [1.807, 2.05) is 28.7 Å². The first-order chi connectivity index (χ1) is 10.8.